The Hall–Kier alpha value is -3.23. The predicted molar refractivity (Wildman–Crippen MR) is 84.4 cm³/mol. The molecule has 132 valence electrons. The van der Waals surface area contributed by atoms with Crippen LogP contribution in [-0.4, -0.2) is 27.4 Å². The molecule has 0 aromatic carbocycles. The van der Waals surface area contributed by atoms with Gasteiger partial charge in [-0.3, -0.25) is 19.7 Å². The molecule has 0 bridgehead atoms. The van der Waals surface area contributed by atoms with Crippen LogP contribution < -0.4 is 4.90 Å². The van der Waals surface area contributed by atoms with Crippen LogP contribution in [-0.2, 0) is 12.6 Å². The standard InChI is InChI=1S/C17H11F3N4O2/c18-17(19,20)12-4-3-11(8-22-12)14-15(23-9-26-14)24-7-5-10-2-1-6-21-13(10)16(24)25/h1-4,6,8-9H,5,7H2. The van der Waals surface area contributed by atoms with E-state index in [1.54, 1.807) is 6.07 Å². The molecule has 0 fully saturated rings. The highest BCUT2D eigenvalue weighted by Crippen LogP contribution is 2.34. The van der Waals surface area contributed by atoms with Crippen molar-refractivity contribution in [1.82, 2.24) is 15.0 Å². The van der Waals surface area contributed by atoms with E-state index in [4.69, 9.17) is 4.42 Å². The van der Waals surface area contributed by atoms with Crippen molar-refractivity contribution in [3.8, 4) is 11.3 Å². The Kier molecular flexibility index (Phi) is 3.71. The van der Waals surface area contributed by atoms with Gasteiger partial charge < -0.3 is 4.42 Å². The number of oxazole rings is 1. The Morgan fingerprint density at radius 2 is 1.96 bits per heavy atom. The number of alkyl halides is 3. The molecule has 0 aliphatic carbocycles. The molecule has 0 radical (unpaired) electrons. The topological polar surface area (TPSA) is 72.1 Å². The first-order valence-electron chi connectivity index (χ1n) is 7.68. The van der Waals surface area contributed by atoms with Crippen molar-refractivity contribution < 1.29 is 22.4 Å². The van der Waals surface area contributed by atoms with Gasteiger partial charge in [0.05, 0.1) is 0 Å². The molecule has 3 aromatic rings. The highest BCUT2D eigenvalue weighted by molar-refractivity contribution is 6.07. The molecule has 0 saturated carbocycles. The summed E-state index contributed by atoms with van der Waals surface area (Å²) in [5.74, 6) is 0.0775. The summed E-state index contributed by atoms with van der Waals surface area (Å²) in [6.07, 6.45) is -0.214. The zero-order valence-electron chi connectivity index (χ0n) is 13.2. The lowest BCUT2D eigenvalue weighted by Crippen LogP contribution is -2.38. The summed E-state index contributed by atoms with van der Waals surface area (Å²) in [5.41, 5.74) is 0.466. The van der Waals surface area contributed by atoms with Gasteiger partial charge in [-0.25, -0.2) is 0 Å². The van der Waals surface area contributed by atoms with E-state index in [1.165, 1.54) is 17.2 Å². The fourth-order valence-electron chi connectivity index (χ4n) is 2.82. The van der Waals surface area contributed by atoms with Crippen molar-refractivity contribution in [2.45, 2.75) is 12.6 Å². The van der Waals surface area contributed by atoms with Gasteiger partial charge in [-0.15, -0.1) is 0 Å². The zero-order chi connectivity index (χ0) is 18.3. The zero-order valence-corrected chi connectivity index (χ0v) is 13.2. The summed E-state index contributed by atoms with van der Waals surface area (Å²) in [5, 5.41) is 0. The number of rotatable bonds is 2. The molecule has 1 aliphatic heterocycles. The number of carbonyl (C=O) groups excluding carboxylic acids is 1. The third-order valence-electron chi connectivity index (χ3n) is 4.06. The number of nitrogens with zero attached hydrogens (tertiary/aromatic N) is 4. The fraction of sp³-hybridized carbons (Fsp3) is 0.176. The van der Waals surface area contributed by atoms with Crippen molar-refractivity contribution in [1.29, 1.82) is 0 Å². The van der Waals surface area contributed by atoms with Crippen molar-refractivity contribution in [2.75, 3.05) is 11.4 Å². The monoisotopic (exact) mass is 360 g/mol. The summed E-state index contributed by atoms with van der Waals surface area (Å²) in [6.45, 7) is 0.366. The molecule has 4 heterocycles. The first-order chi connectivity index (χ1) is 12.4. The number of fused-ring (bicyclic) bond motifs is 1. The van der Waals surface area contributed by atoms with Gasteiger partial charge in [0.25, 0.3) is 5.91 Å². The van der Waals surface area contributed by atoms with Crippen LogP contribution in [0.25, 0.3) is 11.3 Å². The maximum Gasteiger partial charge on any atom is 0.433 e. The second-order valence-corrected chi connectivity index (χ2v) is 5.65. The normalized spacial score (nSPS) is 14.4. The van der Waals surface area contributed by atoms with Crippen molar-refractivity contribution in [2.24, 2.45) is 0 Å². The van der Waals surface area contributed by atoms with E-state index in [9.17, 15) is 18.0 Å². The Morgan fingerprint density at radius 1 is 1.12 bits per heavy atom. The SMILES string of the molecule is O=C1c2ncccc2CCN1c1ncoc1-c1ccc(C(F)(F)F)nc1. The van der Waals surface area contributed by atoms with Crippen LogP contribution in [0.5, 0.6) is 0 Å². The summed E-state index contributed by atoms with van der Waals surface area (Å²) in [7, 11) is 0. The number of amides is 1. The molecule has 0 unspecified atom stereocenters. The number of halogens is 3. The molecular formula is C17H11F3N4O2. The van der Waals surface area contributed by atoms with Gasteiger partial charge in [-0.1, -0.05) is 6.07 Å². The number of carbonyl (C=O) groups is 1. The van der Waals surface area contributed by atoms with Gasteiger partial charge in [-0.05, 0) is 30.2 Å². The van der Waals surface area contributed by atoms with E-state index in [-0.39, 0.29) is 17.5 Å². The highest BCUT2D eigenvalue weighted by atomic mass is 19.4. The minimum Gasteiger partial charge on any atom is -0.441 e. The van der Waals surface area contributed by atoms with Crippen LogP contribution in [0.1, 0.15) is 21.7 Å². The van der Waals surface area contributed by atoms with Crippen molar-refractivity contribution >= 4 is 11.7 Å². The second kappa shape index (κ2) is 5.94. The lowest BCUT2D eigenvalue weighted by Gasteiger charge is -2.26. The van der Waals surface area contributed by atoms with Gasteiger partial charge in [0.1, 0.15) is 11.4 Å². The summed E-state index contributed by atoms with van der Waals surface area (Å²) < 4.78 is 43.3. The third kappa shape index (κ3) is 2.71. The Morgan fingerprint density at radius 3 is 2.69 bits per heavy atom. The lowest BCUT2D eigenvalue weighted by molar-refractivity contribution is -0.141. The molecule has 0 N–H and O–H groups in total. The second-order valence-electron chi connectivity index (χ2n) is 5.65. The van der Waals surface area contributed by atoms with Gasteiger partial charge in [-0.2, -0.15) is 18.2 Å². The number of hydrogen-bond donors (Lipinski definition) is 0. The quantitative estimate of drug-likeness (QED) is 0.701. The van der Waals surface area contributed by atoms with Gasteiger partial charge in [0, 0.05) is 24.5 Å². The number of anilines is 1. The number of aromatic nitrogens is 3. The van der Waals surface area contributed by atoms with Crippen LogP contribution >= 0.6 is 0 Å². The molecule has 0 saturated heterocycles. The van der Waals surface area contributed by atoms with E-state index >= 15 is 0 Å². The maximum absolute atomic E-state index is 12.7. The molecular weight excluding hydrogens is 349 g/mol. The molecule has 1 amide bonds. The lowest BCUT2D eigenvalue weighted by atomic mass is 10.0. The minimum absolute atomic E-state index is 0.180. The van der Waals surface area contributed by atoms with E-state index in [0.29, 0.717) is 24.2 Å². The molecule has 9 heteroatoms. The van der Waals surface area contributed by atoms with Crippen LogP contribution in [0.3, 0.4) is 0 Å². The molecule has 1 aliphatic rings. The summed E-state index contributed by atoms with van der Waals surface area (Å²) in [4.78, 5) is 25.7. The van der Waals surface area contributed by atoms with E-state index in [0.717, 1.165) is 24.2 Å². The predicted octanol–water partition coefficient (Wildman–Crippen LogP) is 3.35. The van der Waals surface area contributed by atoms with Crippen molar-refractivity contribution in [3.63, 3.8) is 0 Å². The van der Waals surface area contributed by atoms with Crippen LogP contribution in [0.2, 0.25) is 0 Å². The fourth-order valence-corrected chi connectivity index (χ4v) is 2.82. The minimum atomic E-state index is -4.53. The molecule has 6 nitrogen and oxygen atoms in total. The van der Waals surface area contributed by atoms with Gasteiger partial charge >= 0.3 is 6.18 Å². The van der Waals surface area contributed by atoms with Gasteiger partial charge in [0.15, 0.2) is 18.0 Å². The molecule has 26 heavy (non-hydrogen) atoms. The van der Waals surface area contributed by atoms with Crippen LogP contribution in [0.4, 0.5) is 19.0 Å². The summed E-state index contributed by atoms with van der Waals surface area (Å²) >= 11 is 0. The number of hydrogen-bond acceptors (Lipinski definition) is 5. The summed E-state index contributed by atoms with van der Waals surface area (Å²) in [6, 6.07) is 5.69. The van der Waals surface area contributed by atoms with Crippen molar-refractivity contribution in [3.05, 3.63) is 60.0 Å². The largest absolute Gasteiger partial charge is 0.441 e. The molecule has 3 aromatic heterocycles. The average molecular weight is 360 g/mol. The molecule has 0 spiro atoms. The van der Waals surface area contributed by atoms with Crippen LogP contribution in [0, 0.1) is 0 Å². The van der Waals surface area contributed by atoms with Gasteiger partial charge in [0.2, 0.25) is 0 Å². The highest BCUT2D eigenvalue weighted by Gasteiger charge is 2.33. The molecule has 4 rings (SSSR count). The third-order valence-corrected chi connectivity index (χ3v) is 4.06. The Balaban J connectivity index is 1.69. The van der Waals surface area contributed by atoms with Crippen LogP contribution in [0.15, 0.2) is 47.5 Å². The van der Waals surface area contributed by atoms with E-state index in [2.05, 4.69) is 15.0 Å². The van der Waals surface area contributed by atoms with E-state index in [1.807, 2.05) is 6.07 Å². The first kappa shape index (κ1) is 16.2. The maximum atomic E-state index is 12.7. The Labute approximate surface area is 145 Å². The van der Waals surface area contributed by atoms with E-state index < -0.39 is 11.9 Å². The number of pyridine rings is 2. The average Bonchev–Trinajstić information content (AvgIpc) is 3.11. The Bertz CT molecular complexity index is 967. The smallest absolute Gasteiger partial charge is 0.433 e. The first-order valence-corrected chi connectivity index (χ1v) is 7.68. The molecule has 0 atom stereocenters.